The highest BCUT2D eigenvalue weighted by atomic mass is 32.1. The van der Waals surface area contributed by atoms with Gasteiger partial charge in [-0.05, 0) is 29.0 Å². The minimum Gasteiger partial charge on any atom is -0.342 e. The minimum absolute atomic E-state index is 0.366. The Balaban J connectivity index is 2.05. The average Bonchev–Trinajstić information content (AvgIpc) is 2.99. The van der Waals surface area contributed by atoms with E-state index < -0.39 is 0 Å². The lowest BCUT2D eigenvalue weighted by Gasteiger charge is -2.21. The number of nitrogens with zero attached hydrogens (tertiary/aromatic N) is 2. The highest BCUT2D eigenvalue weighted by molar-refractivity contribution is 7.10. The predicted molar refractivity (Wildman–Crippen MR) is 78.9 cm³/mol. The number of rotatable bonds is 5. The number of aryl methyl sites for hydroxylation is 1. The van der Waals surface area contributed by atoms with Gasteiger partial charge in [0, 0.05) is 30.7 Å². The summed E-state index contributed by atoms with van der Waals surface area (Å²) in [6.45, 7) is 5.24. The fourth-order valence-corrected chi connectivity index (χ4v) is 3.18. The van der Waals surface area contributed by atoms with Gasteiger partial charge in [-0.2, -0.15) is 5.26 Å². The summed E-state index contributed by atoms with van der Waals surface area (Å²) in [4.78, 5) is 1.37. The molecule has 0 radical (unpaired) electrons. The van der Waals surface area contributed by atoms with Crippen LogP contribution in [0.15, 0.2) is 29.8 Å². The van der Waals surface area contributed by atoms with Crippen LogP contribution >= 0.6 is 11.3 Å². The summed E-state index contributed by atoms with van der Waals surface area (Å²) in [6, 6.07) is 8.77. The lowest BCUT2D eigenvalue weighted by atomic mass is 10.0. The molecule has 0 aliphatic rings. The first-order chi connectivity index (χ1) is 9.11. The van der Waals surface area contributed by atoms with Gasteiger partial charge in [0.25, 0.3) is 0 Å². The van der Waals surface area contributed by atoms with Crippen LogP contribution in [0.4, 0.5) is 0 Å². The molecule has 1 unspecified atom stereocenters. The molecule has 0 aromatic carbocycles. The standard InChI is InChI=1S/C15H19N3S/c1-11(2)15(14-5-4-6-19-14)17-9-12-7-13(8-16)18(3)10-12/h4-7,10-11,15,17H,9H2,1-3H3. The quantitative estimate of drug-likeness (QED) is 0.906. The van der Waals surface area contributed by atoms with E-state index in [1.54, 1.807) is 11.3 Å². The molecule has 0 amide bonds. The third-order valence-corrected chi connectivity index (χ3v) is 4.17. The Morgan fingerprint density at radius 1 is 1.47 bits per heavy atom. The summed E-state index contributed by atoms with van der Waals surface area (Å²) in [5.74, 6) is 0.540. The summed E-state index contributed by atoms with van der Waals surface area (Å²) >= 11 is 1.79. The van der Waals surface area contributed by atoms with E-state index in [-0.39, 0.29) is 0 Å². The second-order valence-electron chi connectivity index (χ2n) is 5.07. The molecule has 19 heavy (non-hydrogen) atoms. The van der Waals surface area contributed by atoms with Gasteiger partial charge >= 0.3 is 0 Å². The molecular weight excluding hydrogens is 254 g/mol. The van der Waals surface area contributed by atoms with Crippen LogP contribution < -0.4 is 5.32 Å². The SMILES string of the molecule is CC(C)C(NCc1cc(C#N)n(C)c1)c1cccs1. The third-order valence-electron chi connectivity index (χ3n) is 3.22. The molecule has 1 N–H and O–H groups in total. The molecule has 0 bridgehead atoms. The van der Waals surface area contributed by atoms with Crippen molar-refractivity contribution in [1.29, 1.82) is 5.26 Å². The number of thiophene rings is 1. The second kappa shape index (κ2) is 6.05. The molecule has 0 saturated heterocycles. The zero-order chi connectivity index (χ0) is 13.8. The van der Waals surface area contributed by atoms with Crippen molar-refractivity contribution in [3.63, 3.8) is 0 Å². The zero-order valence-corrected chi connectivity index (χ0v) is 12.4. The molecule has 0 fully saturated rings. The Morgan fingerprint density at radius 3 is 2.79 bits per heavy atom. The Labute approximate surface area is 118 Å². The van der Waals surface area contributed by atoms with Crippen LogP contribution in [0, 0.1) is 17.2 Å². The molecule has 3 nitrogen and oxygen atoms in total. The molecule has 0 aliphatic carbocycles. The smallest absolute Gasteiger partial charge is 0.120 e. The number of aromatic nitrogens is 1. The van der Waals surface area contributed by atoms with Gasteiger partial charge in [-0.1, -0.05) is 19.9 Å². The molecule has 0 saturated carbocycles. The largest absolute Gasteiger partial charge is 0.342 e. The van der Waals surface area contributed by atoms with Gasteiger partial charge in [0.2, 0.25) is 0 Å². The Hall–Kier alpha value is -1.57. The first-order valence-corrected chi connectivity index (χ1v) is 7.32. The first kappa shape index (κ1) is 13.9. The van der Waals surface area contributed by atoms with Crippen molar-refractivity contribution >= 4 is 11.3 Å². The van der Waals surface area contributed by atoms with Crippen molar-refractivity contribution in [3.8, 4) is 6.07 Å². The van der Waals surface area contributed by atoms with Gasteiger partial charge in [-0.15, -0.1) is 11.3 Å². The van der Waals surface area contributed by atoms with Gasteiger partial charge in [0.05, 0.1) is 0 Å². The number of nitrogens with one attached hydrogen (secondary N) is 1. The Morgan fingerprint density at radius 2 is 2.26 bits per heavy atom. The average molecular weight is 273 g/mol. The van der Waals surface area contributed by atoms with E-state index in [0.717, 1.165) is 12.1 Å². The van der Waals surface area contributed by atoms with Crippen molar-refractivity contribution in [1.82, 2.24) is 9.88 Å². The lowest BCUT2D eigenvalue weighted by molar-refractivity contribution is 0.416. The van der Waals surface area contributed by atoms with E-state index >= 15 is 0 Å². The summed E-state index contributed by atoms with van der Waals surface area (Å²) in [7, 11) is 1.90. The topological polar surface area (TPSA) is 40.8 Å². The molecule has 100 valence electrons. The zero-order valence-electron chi connectivity index (χ0n) is 11.6. The number of hydrogen-bond donors (Lipinski definition) is 1. The monoisotopic (exact) mass is 273 g/mol. The fourth-order valence-electron chi connectivity index (χ4n) is 2.20. The van der Waals surface area contributed by atoms with Crippen molar-refractivity contribution in [2.45, 2.75) is 26.4 Å². The van der Waals surface area contributed by atoms with Gasteiger partial charge in [0.1, 0.15) is 11.8 Å². The third kappa shape index (κ3) is 3.25. The van der Waals surface area contributed by atoms with Crippen LogP contribution in [0.25, 0.3) is 0 Å². The van der Waals surface area contributed by atoms with Crippen molar-refractivity contribution < 1.29 is 0 Å². The molecule has 2 aromatic heterocycles. The predicted octanol–water partition coefficient (Wildman–Crippen LogP) is 3.45. The molecule has 4 heteroatoms. The van der Waals surface area contributed by atoms with E-state index in [0.29, 0.717) is 17.7 Å². The highest BCUT2D eigenvalue weighted by Gasteiger charge is 2.16. The van der Waals surface area contributed by atoms with Crippen LogP contribution in [0.3, 0.4) is 0 Å². The van der Waals surface area contributed by atoms with Gasteiger partial charge in [0.15, 0.2) is 0 Å². The van der Waals surface area contributed by atoms with E-state index in [1.165, 1.54) is 4.88 Å². The first-order valence-electron chi connectivity index (χ1n) is 6.44. The van der Waals surface area contributed by atoms with Crippen LogP contribution in [-0.4, -0.2) is 4.57 Å². The van der Waals surface area contributed by atoms with Crippen molar-refractivity contribution in [2.75, 3.05) is 0 Å². The minimum atomic E-state index is 0.366. The van der Waals surface area contributed by atoms with E-state index in [9.17, 15) is 0 Å². The summed E-state index contributed by atoms with van der Waals surface area (Å²) in [6.07, 6.45) is 2.01. The van der Waals surface area contributed by atoms with Crippen LogP contribution in [-0.2, 0) is 13.6 Å². The number of nitriles is 1. The Bertz CT molecular complexity index is 561. The van der Waals surface area contributed by atoms with E-state index in [1.807, 2.05) is 23.9 Å². The number of hydrogen-bond acceptors (Lipinski definition) is 3. The summed E-state index contributed by atoms with van der Waals surface area (Å²) in [5, 5.41) is 14.7. The molecule has 2 heterocycles. The highest BCUT2D eigenvalue weighted by Crippen LogP contribution is 2.26. The maximum atomic E-state index is 8.96. The van der Waals surface area contributed by atoms with Crippen LogP contribution in [0.5, 0.6) is 0 Å². The normalized spacial score (nSPS) is 12.6. The maximum absolute atomic E-state index is 8.96. The van der Waals surface area contributed by atoms with Crippen molar-refractivity contribution in [2.24, 2.45) is 13.0 Å². The van der Waals surface area contributed by atoms with Gasteiger partial charge < -0.3 is 9.88 Å². The Kier molecular flexibility index (Phi) is 4.41. The molecule has 2 rings (SSSR count). The lowest BCUT2D eigenvalue weighted by Crippen LogP contribution is -2.24. The fraction of sp³-hybridized carbons (Fsp3) is 0.400. The van der Waals surface area contributed by atoms with Crippen LogP contribution in [0.1, 0.15) is 36.0 Å². The molecule has 1 atom stereocenters. The van der Waals surface area contributed by atoms with Gasteiger partial charge in [-0.3, -0.25) is 0 Å². The van der Waals surface area contributed by atoms with Crippen molar-refractivity contribution in [3.05, 3.63) is 45.9 Å². The summed E-state index contributed by atoms with van der Waals surface area (Å²) in [5.41, 5.74) is 1.86. The second-order valence-corrected chi connectivity index (χ2v) is 6.05. The molecular formula is C15H19N3S. The van der Waals surface area contributed by atoms with Crippen LogP contribution in [0.2, 0.25) is 0 Å². The summed E-state index contributed by atoms with van der Waals surface area (Å²) < 4.78 is 1.87. The maximum Gasteiger partial charge on any atom is 0.120 e. The van der Waals surface area contributed by atoms with E-state index in [4.69, 9.17) is 5.26 Å². The molecule has 0 spiro atoms. The van der Waals surface area contributed by atoms with E-state index in [2.05, 4.69) is 42.7 Å². The van der Waals surface area contributed by atoms with Gasteiger partial charge in [-0.25, -0.2) is 0 Å². The molecule has 0 aliphatic heterocycles. The molecule has 2 aromatic rings.